The minimum Gasteiger partial charge on any atom is -0.376 e. The summed E-state index contributed by atoms with van der Waals surface area (Å²) in [4.78, 5) is 40.1. The fourth-order valence-corrected chi connectivity index (χ4v) is 2.77. The predicted molar refractivity (Wildman–Crippen MR) is 99.9 cm³/mol. The lowest BCUT2D eigenvalue weighted by atomic mass is 10.1. The number of nitrogens with one attached hydrogen (secondary N) is 2. The zero-order chi connectivity index (χ0) is 19.2. The van der Waals surface area contributed by atoms with Crippen molar-refractivity contribution in [2.45, 2.75) is 25.9 Å². The normalized spacial score (nSPS) is 16.0. The minimum atomic E-state index is -0.431. The maximum absolute atomic E-state index is 12.4. The monoisotopic (exact) mass is 367 g/mol. The van der Waals surface area contributed by atoms with Crippen LogP contribution in [0.5, 0.6) is 0 Å². The van der Waals surface area contributed by atoms with Crippen molar-refractivity contribution in [3.8, 4) is 0 Å². The van der Waals surface area contributed by atoms with Crippen LogP contribution in [0.3, 0.4) is 0 Å². The maximum atomic E-state index is 12.4. The summed E-state index contributed by atoms with van der Waals surface area (Å²) in [5, 5.41) is 5.49. The van der Waals surface area contributed by atoms with E-state index >= 15 is 0 Å². The zero-order valence-corrected chi connectivity index (χ0v) is 15.0. The van der Waals surface area contributed by atoms with E-state index < -0.39 is 5.91 Å². The Kier molecular flexibility index (Phi) is 5.93. The highest BCUT2D eigenvalue weighted by molar-refractivity contribution is 6.04. The first-order valence-electron chi connectivity index (χ1n) is 8.82. The number of carbonyl (C=O) groups excluding carboxylic acids is 3. The molecule has 2 amide bonds. The molecule has 140 valence electrons. The number of Topliss-reactive ketones (excluding diaryl/α,β-unsaturated/α-hetero) is 1. The third-order valence-electron chi connectivity index (χ3n) is 4.28. The standard InChI is InChI=1S/C20H21N3O4/c1-13(24)14-7-9-15(10-8-14)22-20(26)18-6-2-5-17(23-18)19(25)21-12-16-4-3-11-27-16/h2,5-10,16H,3-4,11-12H2,1H3,(H,21,25)(H,22,26). The van der Waals surface area contributed by atoms with E-state index in [2.05, 4.69) is 15.6 Å². The van der Waals surface area contributed by atoms with Crippen LogP contribution in [0.15, 0.2) is 42.5 Å². The molecule has 1 atom stereocenters. The molecule has 7 nitrogen and oxygen atoms in total. The molecule has 1 fully saturated rings. The Labute approximate surface area is 157 Å². The van der Waals surface area contributed by atoms with E-state index in [4.69, 9.17) is 4.74 Å². The van der Waals surface area contributed by atoms with Crippen molar-refractivity contribution in [1.82, 2.24) is 10.3 Å². The van der Waals surface area contributed by atoms with Gasteiger partial charge in [-0.1, -0.05) is 6.07 Å². The number of ketones is 1. The van der Waals surface area contributed by atoms with Crippen LogP contribution in [0.2, 0.25) is 0 Å². The Hall–Kier alpha value is -3.06. The van der Waals surface area contributed by atoms with Gasteiger partial charge in [-0.2, -0.15) is 0 Å². The van der Waals surface area contributed by atoms with Gasteiger partial charge in [-0.15, -0.1) is 0 Å². The summed E-state index contributed by atoms with van der Waals surface area (Å²) in [5.41, 5.74) is 1.42. The molecule has 0 aliphatic carbocycles. The lowest BCUT2D eigenvalue weighted by Crippen LogP contribution is -2.32. The summed E-state index contributed by atoms with van der Waals surface area (Å²) in [6.45, 7) is 2.63. The molecule has 1 aromatic carbocycles. The van der Waals surface area contributed by atoms with Crippen LogP contribution in [-0.2, 0) is 4.74 Å². The van der Waals surface area contributed by atoms with Crippen LogP contribution in [0.1, 0.15) is 51.1 Å². The van der Waals surface area contributed by atoms with Crippen molar-refractivity contribution in [3.05, 3.63) is 59.4 Å². The average molecular weight is 367 g/mol. The molecule has 0 radical (unpaired) electrons. The van der Waals surface area contributed by atoms with Gasteiger partial charge in [0, 0.05) is 24.4 Å². The van der Waals surface area contributed by atoms with Gasteiger partial charge in [-0.25, -0.2) is 4.98 Å². The molecular formula is C20H21N3O4. The van der Waals surface area contributed by atoms with Crippen LogP contribution in [0, 0.1) is 0 Å². The molecule has 7 heteroatoms. The van der Waals surface area contributed by atoms with Gasteiger partial charge < -0.3 is 15.4 Å². The molecule has 3 rings (SSSR count). The number of anilines is 1. The Balaban J connectivity index is 1.62. The molecule has 1 unspecified atom stereocenters. The van der Waals surface area contributed by atoms with E-state index in [1.807, 2.05) is 0 Å². The second-order valence-electron chi connectivity index (χ2n) is 6.34. The molecule has 2 aromatic rings. The van der Waals surface area contributed by atoms with Crippen molar-refractivity contribution in [2.75, 3.05) is 18.5 Å². The molecular weight excluding hydrogens is 346 g/mol. The molecule has 0 saturated carbocycles. The fourth-order valence-electron chi connectivity index (χ4n) is 2.77. The number of aromatic nitrogens is 1. The smallest absolute Gasteiger partial charge is 0.274 e. The Morgan fingerprint density at radius 1 is 1.07 bits per heavy atom. The summed E-state index contributed by atoms with van der Waals surface area (Å²) < 4.78 is 5.47. The summed E-state index contributed by atoms with van der Waals surface area (Å²) >= 11 is 0. The van der Waals surface area contributed by atoms with Crippen LogP contribution < -0.4 is 10.6 Å². The Morgan fingerprint density at radius 2 is 1.78 bits per heavy atom. The van der Waals surface area contributed by atoms with E-state index in [0.717, 1.165) is 19.4 Å². The van der Waals surface area contributed by atoms with Crippen molar-refractivity contribution < 1.29 is 19.1 Å². The van der Waals surface area contributed by atoms with Crippen LogP contribution in [0.4, 0.5) is 5.69 Å². The van der Waals surface area contributed by atoms with E-state index in [0.29, 0.717) is 17.8 Å². The summed E-state index contributed by atoms with van der Waals surface area (Å²) in [5.74, 6) is -0.818. The van der Waals surface area contributed by atoms with E-state index in [1.165, 1.54) is 13.0 Å². The third kappa shape index (κ3) is 4.98. The number of hydrogen-bond donors (Lipinski definition) is 2. The summed E-state index contributed by atoms with van der Waals surface area (Å²) in [6.07, 6.45) is 1.97. The van der Waals surface area contributed by atoms with Crippen LogP contribution in [-0.4, -0.2) is 41.8 Å². The highest BCUT2D eigenvalue weighted by Gasteiger charge is 2.18. The van der Waals surface area contributed by atoms with Gasteiger partial charge in [0.15, 0.2) is 5.78 Å². The van der Waals surface area contributed by atoms with Gasteiger partial charge in [0.2, 0.25) is 0 Å². The average Bonchev–Trinajstić information content (AvgIpc) is 3.20. The number of rotatable bonds is 6. The van der Waals surface area contributed by atoms with Crippen molar-refractivity contribution in [1.29, 1.82) is 0 Å². The number of amides is 2. The lowest BCUT2D eigenvalue weighted by Gasteiger charge is -2.11. The Bertz CT molecular complexity index is 843. The van der Waals surface area contributed by atoms with E-state index in [9.17, 15) is 14.4 Å². The summed E-state index contributed by atoms with van der Waals surface area (Å²) in [7, 11) is 0. The van der Waals surface area contributed by atoms with E-state index in [-0.39, 0.29) is 29.2 Å². The first-order chi connectivity index (χ1) is 13.0. The lowest BCUT2D eigenvalue weighted by molar-refractivity contribution is 0.0853. The topological polar surface area (TPSA) is 97.4 Å². The van der Waals surface area contributed by atoms with Gasteiger partial charge >= 0.3 is 0 Å². The highest BCUT2D eigenvalue weighted by atomic mass is 16.5. The summed E-state index contributed by atoms with van der Waals surface area (Å²) in [6, 6.07) is 11.3. The number of ether oxygens (including phenoxy) is 1. The minimum absolute atomic E-state index is 0.0402. The van der Waals surface area contributed by atoms with Crippen molar-refractivity contribution in [3.63, 3.8) is 0 Å². The van der Waals surface area contributed by atoms with Crippen LogP contribution in [0.25, 0.3) is 0 Å². The second-order valence-corrected chi connectivity index (χ2v) is 6.34. The number of hydrogen-bond acceptors (Lipinski definition) is 5. The number of pyridine rings is 1. The van der Waals surface area contributed by atoms with Crippen LogP contribution >= 0.6 is 0 Å². The molecule has 0 bridgehead atoms. The van der Waals surface area contributed by atoms with E-state index in [1.54, 1.807) is 36.4 Å². The molecule has 0 spiro atoms. The van der Waals surface area contributed by atoms with Gasteiger partial charge in [0.05, 0.1) is 6.10 Å². The molecule has 1 saturated heterocycles. The number of benzene rings is 1. The first-order valence-corrected chi connectivity index (χ1v) is 8.82. The van der Waals surface area contributed by atoms with Crippen molar-refractivity contribution >= 4 is 23.3 Å². The maximum Gasteiger partial charge on any atom is 0.274 e. The zero-order valence-electron chi connectivity index (χ0n) is 15.0. The fraction of sp³-hybridized carbons (Fsp3) is 0.300. The second kappa shape index (κ2) is 8.55. The molecule has 27 heavy (non-hydrogen) atoms. The SMILES string of the molecule is CC(=O)c1ccc(NC(=O)c2cccc(C(=O)NCC3CCCO3)n2)cc1. The largest absolute Gasteiger partial charge is 0.376 e. The van der Waals surface area contributed by atoms with Gasteiger partial charge in [-0.3, -0.25) is 14.4 Å². The Morgan fingerprint density at radius 3 is 2.41 bits per heavy atom. The predicted octanol–water partition coefficient (Wildman–Crippen LogP) is 2.45. The number of carbonyl (C=O) groups is 3. The third-order valence-corrected chi connectivity index (χ3v) is 4.28. The molecule has 1 aliphatic rings. The van der Waals surface area contributed by atoms with Gasteiger partial charge in [0.25, 0.3) is 11.8 Å². The van der Waals surface area contributed by atoms with Gasteiger partial charge in [-0.05, 0) is 56.2 Å². The molecule has 1 aliphatic heterocycles. The molecule has 1 aromatic heterocycles. The molecule has 2 heterocycles. The first kappa shape index (κ1) is 18.7. The quantitative estimate of drug-likeness (QED) is 0.765. The highest BCUT2D eigenvalue weighted by Crippen LogP contribution is 2.12. The van der Waals surface area contributed by atoms with Crippen molar-refractivity contribution in [2.24, 2.45) is 0 Å². The molecule has 2 N–H and O–H groups in total. The van der Waals surface area contributed by atoms with Gasteiger partial charge in [0.1, 0.15) is 11.4 Å². The number of nitrogens with zero attached hydrogens (tertiary/aromatic N) is 1.